The van der Waals surface area contributed by atoms with Crippen molar-refractivity contribution in [3.8, 4) is 0 Å². The van der Waals surface area contributed by atoms with E-state index in [2.05, 4.69) is 6.58 Å². The zero-order valence-corrected chi connectivity index (χ0v) is 11.5. The number of carbonyl (C=O) groups is 1. The maximum Gasteiger partial charge on any atom is 0.333 e. The standard InChI is InChI=1S/C14H20O5/c1-6(2)13(15)19-12-10-8(14(3,4)16)7-5-17-11(12)9(7)18-10/h7-12,16H,1,5H2,2-4H3. The van der Waals surface area contributed by atoms with Gasteiger partial charge in [-0.25, -0.2) is 4.79 Å². The lowest BCUT2D eigenvalue weighted by molar-refractivity contribution is -0.154. The van der Waals surface area contributed by atoms with E-state index in [9.17, 15) is 9.90 Å². The van der Waals surface area contributed by atoms with E-state index >= 15 is 0 Å². The first kappa shape index (κ1) is 13.1. The molecule has 0 radical (unpaired) electrons. The highest BCUT2D eigenvalue weighted by molar-refractivity contribution is 5.87. The second-order valence-corrected chi connectivity index (χ2v) is 6.36. The third-order valence-corrected chi connectivity index (χ3v) is 4.41. The van der Waals surface area contributed by atoms with Crippen LogP contribution in [0, 0.1) is 11.8 Å². The molecule has 2 bridgehead atoms. The average molecular weight is 268 g/mol. The number of aliphatic hydroxyl groups is 1. The van der Waals surface area contributed by atoms with Crippen molar-refractivity contribution in [3.63, 3.8) is 0 Å². The number of carbonyl (C=O) groups excluding carboxylic acids is 1. The second kappa shape index (κ2) is 4.04. The van der Waals surface area contributed by atoms with Crippen molar-refractivity contribution in [3.05, 3.63) is 12.2 Å². The predicted molar refractivity (Wildman–Crippen MR) is 66.4 cm³/mol. The molecule has 0 aromatic carbocycles. The average Bonchev–Trinajstić information content (AvgIpc) is 2.86. The zero-order valence-electron chi connectivity index (χ0n) is 11.5. The molecule has 0 aliphatic carbocycles. The first-order valence-corrected chi connectivity index (χ1v) is 6.66. The van der Waals surface area contributed by atoms with Crippen LogP contribution in [0.15, 0.2) is 12.2 Å². The monoisotopic (exact) mass is 268 g/mol. The smallest absolute Gasteiger partial charge is 0.333 e. The Kier molecular flexibility index (Phi) is 2.78. The first-order chi connectivity index (χ1) is 8.80. The Balaban J connectivity index is 1.84. The summed E-state index contributed by atoms with van der Waals surface area (Å²) in [6, 6.07) is 0. The van der Waals surface area contributed by atoms with E-state index in [1.165, 1.54) is 0 Å². The summed E-state index contributed by atoms with van der Waals surface area (Å²) in [5.74, 6) is -0.309. The first-order valence-electron chi connectivity index (χ1n) is 6.66. The molecular weight excluding hydrogens is 248 g/mol. The third kappa shape index (κ3) is 1.83. The van der Waals surface area contributed by atoms with E-state index in [4.69, 9.17) is 14.2 Å². The summed E-state index contributed by atoms with van der Waals surface area (Å²) in [5.41, 5.74) is -0.520. The normalized spacial score (nSPS) is 43.6. The number of esters is 1. The molecule has 0 aromatic rings. The van der Waals surface area contributed by atoms with Crippen molar-refractivity contribution in [2.75, 3.05) is 6.61 Å². The number of hydrogen-bond acceptors (Lipinski definition) is 5. The van der Waals surface area contributed by atoms with Gasteiger partial charge in [-0.15, -0.1) is 0 Å². The molecule has 19 heavy (non-hydrogen) atoms. The summed E-state index contributed by atoms with van der Waals surface area (Å²) in [5, 5.41) is 10.3. The van der Waals surface area contributed by atoms with Gasteiger partial charge in [-0.2, -0.15) is 0 Å². The van der Waals surface area contributed by atoms with Gasteiger partial charge in [0.15, 0.2) is 6.10 Å². The molecule has 5 nitrogen and oxygen atoms in total. The van der Waals surface area contributed by atoms with Crippen molar-refractivity contribution in [2.24, 2.45) is 11.8 Å². The SMILES string of the molecule is C=C(C)C(=O)OC1C2OCC3C2OC1C3C(C)(C)O. The van der Waals surface area contributed by atoms with E-state index in [0.29, 0.717) is 12.2 Å². The molecule has 3 rings (SSSR count). The largest absolute Gasteiger partial charge is 0.453 e. The molecule has 6 unspecified atom stereocenters. The summed E-state index contributed by atoms with van der Waals surface area (Å²) in [6.45, 7) is 9.29. The summed E-state index contributed by atoms with van der Waals surface area (Å²) >= 11 is 0. The zero-order chi connectivity index (χ0) is 13.9. The van der Waals surface area contributed by atoms with Crippen LogP contribution in [0.3, 0.4) is 0 Å². The molecule has 106 valence electrons. The van der Waals surface area contributed by atoms with E-state index in [0.717, 1.165) is 0 Å². The fraction of sp³-hybridized carbons (Fsp3) is 0.786. The van der Waals surface area contributed by atoms with Gasteiger partial charge in [0, 0.05) is 17.4 Å². The Hall–Kier alpha value is -0.910. The molecule has 0 saturated carbocycles. The van der Waals surface area contributed by atoms with Crippen LogP contribution in [0.25, 0.3) is 0 Å². The van der Waals surface area contributed by atoms with E-state index in [1.54, 1.807) is 20.8 Å². The van der Waals surface area contributed by atoms with Crippen LogP contribution >= 0.6 is 0 Å². The predicted octanol–water partition coefficient (Wildman–Crippen LogP) is 0.657. The van der Waals surface area contributed by atoms with Gasteiger partial charge in [-0.3, -0.25) is 0 Å². The van der Waals surface area contributed by atoms with Gasteiger partial charge >= 0.3 is 5.97 Å². The fourth-order valence-electron chi connectivity index (χ4n) is 3.69. The molecule has 0 aromatic heterocycles. The molecule has 0 amide bonds. The molecule has 0 spiro atoms. The van der Waals surface area contributed by atoms with Crippen LogP contribution in [0.5, 0.6) is 0 Å². The lowest BCUT2D eigenvalue weighted by atomic mass is 9.71. The van der Waals surface area contributed by atoms with Crippen LogP contribution < -0.4 is 0 Å². The second-order valence-electron chi connectivity index (χ2n) is 6.36. The maximum atomic E-state index is 11.7. The van der Waals surface area contributed by atoms with Gasteiger partial charge in [0.05, 0.1) is 18.3 Å². The molecule has 3 fully saturated rings. The van der Waals surface area contributed by atoms with Crippen molar-refractivity contribution < 1.29 is 24.1 Å². The van der Waals surface area contributed by atoms with Gasteiger partial charge in [-0.05, 0) is 20.8 Å². The summed E-state index contributed by atoms with van der Waals surface area (Å²) < 4.78 is 17.1. The van der Waals surface area contributed by atoms with Crippen molar-refractivity contribution >= 4 is 5.97 Å². The minimum Gasteiger partial charge on any atom is -0.453 e. The van der Waals surface area contributed by atoms with Gasteiger partial charge in [0.25, 0.3) is 0 Å². The Morgan fingerprint density at radius 2 is 2.05 bits per heavy atom. The van der Waals surface area contributed by atoms with Gasteiger partial charge in [-0.1, -0.05) is 6.58 Å². The minimum absolute atomic E-state index is 0.0654. The summed E-state index contributed by atoms with van der Waals surface area (Å²) in [6.07, 6.45) is -0.989. The van der Waals surface area contributed by atoms with E-state index < -0.39 is 17.7 Å². The highest BCUT2D eigenvalue weighted by Crippen LogP contribution is 2.53. The lowest BCUT2D eigenvalue weighted by Gasteiger charge is -2.36. The van der Waals surface area contributed by atoms with Crippen molar-refractivity contribution in [2.45, 2.75) is 50.8 Å². The Labute approximate surface area is 112 Å². The van der Waals surface area contributed by atoms with Crippen molar-refractivity contribution in [1.29, 1.82) is 0 Å². The maximum absolute atomic E-state index is 11.7. The Morgan fingerprint density at radius 3 is 2.63 bits per heavy atom. The number of fused-ring (bicyclic) bond motifs is 1. The number of hydrogen-bond donors (Lipinski definition) is 1. The van der Waals surface area contributed by atoms with Crippen LogP contribution in [0.2, 0.25) is 0 Å². The van der Waals surface area contributed by atoms with Gasteiger partial charge < -0.3 is 19.3 Å². The van der Waals surface area contributed by atoms with Crippen molar-refractivity contribution in [1.82, 2.24) is 0 Å². The van der Waals surface area contributed by atoms with Crippen LogP contribution in [-0.2, 0) is 19.0 Å². The third-order valence-electron chi connectivity index (χ3n) is 4.41. The number of rotatable bonds is 3. The molecule has 5 heteroatoms. The van der Waals surface area contributed by atoms with Gasteiger partial charge in [0.1, 0.15) is 12.2 Å². The molecule has 3 heterocycles. The Bertz CT molecular complexity index is 424. The Morgan fingerprint density at radius 1 is 1.37 bits per heavy atom. The molecule has 3 aliphatic rings. The number of ether oxygens (including phenoxy) is 3. The van der Waals surface area contributed by atoms with Crippen LogP contribution in [-0.4, -0.2) is 47.7 Å². The minimum atomic E-state index is -0.878. The molecule has 6 atom stereocenters. The summed E-state index contributed by atoms with van der Waals surface area (Å²) in [4.78, 5) is 11.7. The van der Waals surface area contributed by atoms with Crippen LogP contribution in [0.4, 0.5) is 0 Å². The highest BCUT2D eigenvalue weighted by atomic mass is 16.6. The quantitative estimate of drug-likeness (QED) is 0.601. The molecule has 3 aliphatic heterocycles. The fourth-order valence-corrected chi connectivity index (χ4v) is 3.69. The molecule has 3 saturated heterocycles. The lowest BCUT2D eigenvalue weighted by Crippen LogP contribution is -2.51. The van der Waals surface area contributed by atoms with E-state index in [1.807, 2.05) is 0 Å². The molecule has 1 N–H and O–H groups in total. The van der Waals surface area contributed by atoms with E-state index in [-0.39, 0.29) is 30.1 Å². The summed E-state index contributed by atoms with van der Waals surface area (Å²) in [7, 11) is 0. The van der Waals surface area contributed by atoms with Gasteiger partial charge in [0.2, 0.25) is 0 Å². The van der Waals surface area contributed by atoms with Crippen LogP contribution in [0.1, 0.15) is 20.8 Å². The molecular formula is C14H20O5. The highest BCUT2D eigenvalue weighted by Gasteiger charge is 2.68. The topological polar surface area (TPSA) is 65.0 Å².